The maximum Gasteiger partial charge on any atom is 0.339 e. The molecule has 5 heteroatoms. The second-order valence-electron chi connectivity index (χ2n) is 5.03. The summed E-state index contributed by atoms with van der Waals surface area (Å²) < 4.78 is 0. The van der Waals surface area contributed by atoms with Crippen LogP contribution in [0.25, 0.3) is 0 Å². The fourth-order valence-corrected chi connectivity index (χ4v) is 2.29. The van der Waals surface area contributed by atoms with E-state index in [9.17, 15) is 9.90 Å². The molecule has 0 unspecified atom stereocenters. The molecule has 0 aliphatic rings. The van der Waals surface area contributed by atoms with Gasteiger partial charge < -0.3 is 15.1 Å². The smallest absolute Gasteiger partial charge is 0.339 e. The Hall–Kier alpha value is -2.82. The highest BCUT2D eigenvalue weighted by atomic mass is 16.4. The van der Waals surface area contributed by atoms with Gasteiger partial charge in [0.15, 0.2) is 0 Å². The molecular weight excluding hydrogens is 292 g/mol. The molecule has 0 amide bonds. The summed E-state index contributed by atoms with van der Waals surface area (Å²) >= 11 is 0. The minimum atomic E-state index is -1.16. The van der Waals surface area contributed by atoms with Crippen molar-refractivity contribution in [1.82, 2.24) is 0 Å². The number of phenols is 1. The molecule has 2 N–H and O–H groups in total. The number of aliphatic imine (C=N–C) groups is 1. The van der Waals surface area contributed by atoms with Gasteiger partial charge in [-0.2, -0.15) is 0 Å². The second-order valence-corrected chi connectivity index (χ2v) is 5.03. The van der Waals surface area contributed by atoms with E-state index in [-0.39, 0.29) is 11.3 Å². The van der Waals surface area contributed by atoms with Crippen molar-refractivity contribution in [3.63, 3.8) is 0 Å². The predicted octanol–water partition coefficient (Wildman–Crippen LogP) is 3.69. The van der Waals surface area contributed by atoms with Crippen molar-refractivity contribution >= 4 is 23.6 Å². The Bertz CT molecular complexity index is 705. The molecule has 5 nitrogen and oxygen atoms in total. The normalized spacial score (nSPS) is 10.9. The van der Waals surface area contributed by atoms with Gasteiger partial charge in [0.25, 0.3) is 0 Å². The van der Waals surface area contributed by atoms with Gasteiger partial charge in [0.2, 0.25) is 0 Å². The van der Waals surface area contributed by atoms with E-state index < -0.39 is 5.97 Å². The van der Waals surface area contributed by atoms with Crippen LogP contribution in [0, 0.1) is 0 Å². The quantitative estimate of drug-likeness (QED) is 0.798. The van der Waals surface area contributed by atoms with Crippen LogP contribution in [0.2, 0.25) is 0 Å². The first-order valence-electron chi connectivity index (χ1n) is 7.50. The summed E-state index contributed by atoms with van der Waals surface area (Å²) in [6.07, 6.45) is 1.68. The number of hydrogen-bond acceptors (Lipinski definition) is 4. The van der Waals surface area contributed by atoms with Crippen LogP contribution in [-0.2, 0) is 0 Å². The molecule has 0 heterocycles. The molecule has 0 saturated heterocycles. The fourth-order valence-electron chi connectivity index (χ4n) is 2.29. The first-order chi connectivity index (χ1) is 11.0. The summed E-state index contributed by atoms with van der Waals surface area (Å²) in [7, 11) is 0. The number of carboxylic acid groups (broad SMARTS) is 1. The van der Waals surface area contributed by atoms with Crippen LogP contribution in [0.1, 0.15) is 29.8 Å². The van der Waals surface area contributed by atoms with Crippen molar-refractivity contribution in [1.29, 1.82) is 0 Å². The third-order valence-electron chi connectivity index (χ3n) is 3.60. The maximum absolute atomic E-state index is 10.8. The Labute approximate surface area is 135 Å². The van der Waals surface area contributed by atoms with Crippen molar-refractivity contribution in [2.75, 3.05) is 18.0 Å². The molecule has 0 aliphatic heterocycles. The third-order valence-corrected chi connectivity index (χ3v) is 3.60. The van der Waals surface area contributed by atoms with E-state index in [2.05, 4.69) is 23.7 Å². The van der Waals surface area contributed by atoms with Gasteiger partial charge in [-0.15, -0.1) is 0 Å². The zero-order chi connectivity index (χ0) is 16.8. The number of aromatic hydroxyl groups is 1. The number of benzene rings is 2. The average molecular weight is 312 g/mol. The largest absolute Gasteiger partial charge is 0.507 e. The number of anilines is 1. The molecule has 2 aromatic carbocycles. The highest BCUT2D eigenvalue weighted by Gasteiger charge is 2.09. The van der Waals surface area contributed by atoms with Crippen molar-refractivity contribution in [2.24, 2.45) is 4.99 Å². The molecule has 23 heavy (non-hydrogen) atoms. The maximum atomic E-state index is 10.8. The fraction of sp³-hybridized carbons (Fsp3) is 0.222. The molecular formula is C18H20N2O3. The van der Waals surface area contributed by atoms with Gasteiger partial charge in [-0.3, -0.25) is 4.99 Å². The summed E-state index contributed by atoms with van der Waals surface area (Å²) in [5, 5.41) is 18.5. The highest BCUT2D eigenvalue weighted by molar-refractivity contribution is 5.91. The van der Waals surface area contributed by atoms with E-state index in [1.807, 2.05) is 24.3 Å². The van der Waals surface area contributed by atoms with Gasteiger partial charge >= 0.3 is 5.97 Å². The standard InChI is InChI=1S/C18H20N2O3/c1-3-20(4-2)15-8-5-13(6-9-15)12-19-14-7-10-16(18(22)23)17(21)11-14/h5-12,21H,3-4H2,1-2H3,(H,22,23)/b19-12+. The number of rotatable bonds is 6. The Morgan fingerprint density at radius 2 is 1.78 bits per heavy atom. The second kappa shape index (κ2) is 7.45. The van der Waals surface area contributed by atoms with Crippen LogP contribution in [0.15, 0.2) is 47.5 Å². The minimum Gasteiger partial charge on any atom is -0.507 e. The molecule has 0 fully saturated rings. The van der Waals surface area contributed by atoms with Gasteiger partial charge in [0.1, 0.15) is 11.3 Å². The topological polar surface area (TPSA) is 73.1 Å². The Balaban J connectivity index is 2.14. The predicted molar refractivity (Wildman–Crippen MR) is 92.3 cm³/mol. The SMILES string of the molecule is CCN(CC)c1ccc(/C=N/c2ccc(C(=O)O)c(O)c2)cc1. The molecule has 0 radical (unpaired) electrons. The Morgan fingerprint density at radius 3 is 2.30 bits per heavy atom. The molecule has 0 saturated carbocycles. The number of aromatic carboxylic acids is 1. The van der Waals surface area contributed by atoms with Crippen LogP contribution in [0.4, 0.5) is 11.4 Å². The molecule has 120 valence electrons. The lowest BCUT2D eigenvalue weighted by molar-refractivity contribution is 0.0694. The highest BCUT2D eigenvalue weighted by Crippen LogP contribution is 2.24. The molecule has 0 spiro atoms. The van der Waals surface area contributed by atoms with Crippen LogP contribution in [0.5, 0.6) is 5.75 Å². The van der Waals surface area contributed by atoms with E-state index in [1.165, 1.54) is 12.1 Å². The first-order valence-corrected chi connectivity index (χ1v) is 7.50. The summed E-state index contributed by atoms with van der Waals surface area (Å²) in [6, 6.07) is 12.3. The lowest BCUT2D eigenvalue weighted by atomic mass is 10.2. The van der Waals surface area contributed by atoms with Crippen LogP contribution < -0.4 is 4.90 Å². The van der Waals surface area contributed by atoms with Crippen LogP contribution in [0.3, 0.4) is 0 Å². The van der Waals surface area contributed by atoms with E-state index in [0.717, 1.165) is 24.3 Å². The van der Waals surface area contributed by atoms with Gasteiger partial charge in [-0.25, -0.2) is 4.79 Å². The van der Waals surface area contributed by atoms with Crippen molar-refractivity contribution < 1.29 is 15.0 Å². The summed E-state index contributed by atoms with van der Waals surface area (Å²) in [4.78, 5) is 17.4. The minimum absolute atomic E-state index is 0.132. The summed E-state index contributed by atoms with van der Waals surface area (Å²) in [5.41, 5.74) is 2.46. The monoisotopic (exact) mass is 312 g/mol. The number of carboxylic acids is 1. The van der Waals surface area contributed by atoms with Gasteiger partial charge in [-0.05, 0) is 43.7 Å². The van der Waals surface area contributed by atoms with Crippen molar-refractivity contribution in [3.8, 4) is 5.75 Å². The number of nitrogens with zero attached hydrogens (tertiary/aromatic N) is 2. The van der Waals surface area contributed by atoms with E-state index >= 15 is 0 Å². The lowest BCUT2D eigenvalue weighted by Gasteiger charge is -2.20. The molecule has 2 rings (SSSR count). The zero-order valence-electron chi connectivity index (χ0n) is 13.2. The van der Waals surface area contributed by atoms with Crippen LogP contribution >= 0.6 is 0 Å². The Kier molecular flexibility index (Phi) is 5.36. The van der Waals surface area contributed by atoms with Crippen LogP contribution in [-0.4, -0.2) is 35.5 Å². The molecule has 0 atom stereocenters. The summed E-state index contributed by atoms with van der Waals surface area (Å²) in [6.45, 7) is 6.15. The van der Waals surface area contributed by atoms with Crippen molar-refractivity contribution in [3.05, 3.63) is 53.6 Å². The molecule has 2 aromatic rings. The zero-order valence-corrected chi connectivity index (χ0v) is 13.2. The molecule has 0 aliphatic carbocycles. The van der Waals surface area contributed by atoms with Crippen molar-refractivity contribution in [2.45, 2.75) is 13.8 Å². The average Bonchev–Trinajstić information content (AvgIpc) is 2.55. The third kappa shape index (κ3) is 4.10. The van der Waals surface area contributed by atoms with E-state index in [4.69, 9.17) is 5.11 Å². The summed E-state index contributed by atoms with van der Waals surface area (Å²) in [5.74, 6) is -1.45. The Morgan fingerprint density at radius 1 is 1.13 bits per heavy atom. The van der Waals surface area contributed by atoms with Gasteiger partial charge in [0.05, 0.1) is 5.69 Å². The number of carbonyl (C=O) groups is 1. The first kappa shape index (κ1) is 16.5. The van der Waals surface area contributed by atoms with Gasteiger partial charge in [0, 0.05) is 31.1 Å². The van der Waals surface area contributed by atoms with E-state index in [1.54, 1.807) is 12.3 Å². The molecule has 0 bridgehead atoms. The number of hydrogen-bond donors (Lipinski definition) is 2. The van der Waals surface area contributed by atoms with E-state index in [0.29, 0.717) is 5.69 Å². The molecule has 0 aromatic heterocycles. The lowest BCUT2D eigenvalue weighted by Crippen LogP contribution is -2.21. The van der Waals surface area contributed by atoms with Gasteiger partial charge in [-0.1, -0.05) is 12.1 Å².